The highest BCUT2D eigenvalue weighted by Gasteiger charge is 1.91. The fourth-order valence-corrected chi connectivity index (χ4v) is 2.85. The number of unbranched alkanes of at least 4 members (excludes halogenated alkanes) is 8. The van der Waals surface area contributed by atoms with E-state index in [1.54, 1.807) is 0 Å². The summed E-state index contributed by atoms with van der Waals surface area (Å²) in [6, 6.07) is 0. The predicted octanol–water partition coefficient (Wildman–Crippen LogP) is 6.12. The first kappa shape index (κ1) is 16.2. The molecule has 0 heterocycles. The molecule has 0 saturated heterocycles. The van der Waals surface area contributed by atoms with Crippen molar-refractivity contribution in [1.82, 2.24) is 0 Å². The van der Waals surface area contributed by atoms with Crippen LogP contribution in [0.25, 0.3) is 0 Å². The van der Waals surface area contributed by atoms with E-state index in [0.29, 0.717) is 0 Å². The van der Waals surface area contributed by atoms with Crippen molar-refractivity contribution in [2.24, 2.45) is 0 Å². The second-order valence-corrected chi connectivity index (χ2v) is 5.83. The van der Waals surface area contributed by atoms with Crippen molar-refractivity contribution < 1.29 is 0 Å². The van der Waals surface area contributed by atoms with E-state index >= 15 is 0 Å². The molecule has 0 saturated carbocycles. The van der Waals surface area contributed by atoms with Gasteiger partial charge in [0, 0.05) is 0 Å². The molecule has 0 spiro atoms. The number of hydrogen-bond donors (Lipinski definition) is 0. The van der Waals surface area contributed by atoms with E-state index in [2.05, 4.69) is 25.7 Å². The lowest BCUT2D eigenvalue weighted by Gasteiger charge is -2.01. The largest absolute Gasteiger partial charge is 0.0987 e. The average Bonchev–Trinajstić information content (AvgIpc) is 2.31. The van der Waals surface area contributed by atoms with Crippen LogP contribution in [0.4, 0.5) is 0 Å². The number of allylic oxidation sites excluding steroid dienone is 1. The molecule has 0 aromatic heterocycles. The molecule has 96 valence electrons. The first-order chi connectivity index (χ1) is 7.91. The van der Waals surface area contributed by atoms with E-state index < -0.39 is 0 Å². The molecule has 1 heteroatoms. The summed E-state index contributed by atoms with van der Waals surface area (Å²) < 4.78 is 0. The summed E-state index contributed by atoms with van der Waals surface area (Å²) in [5, 5.41) is 0. The van der Waals surface area contributed by atoms with Crippen LogP contribution in [0.15, 0.2) is 11.9 Å². The van der Waals surface area contributed by atoms with Crippen LogP contribution in [0.1, 0.15) is 78.1 Å². The Morgan fingerprint density at radius 2 is 1.31 bits per heavy atom. The maximum Gasteiger partial charge on any atom is -0.0319 e. The Hall–Kier alpha value is 0.170. The molecule has 0 bridgehead atoms. The van der Waals surface area contributed by atoms with Gasteiger partial charge in [-0.05, 0) is 19.0 Å². The van der Waals surface area contributed by atoms with Gasteiger partial charge in [-0.25, -0.2) is 0 Å². The lowest BCUT2D eigenvalue weighted by Crippen LogP contribution is -1.82. The number of rotatable bonds is 12. The molecule has 16 heavy (non-hydrogen) atoms. The second-order valence-electron chi connectivity index (χ2n) is 4.59. The third-order valence-corrected chi connectivity index (χ3v) is 4.01. The minimum atomic E-state index is 1.07. The van der Waals surface area contributed by atoms with Gasteiger partial charge in [-0.1, -0.05) is 85.7 Å². The lowest BCUT2D eigenvalue weighted by molar-refractivity contribution is 0.573. The van der Waals surface area contributed by atoms with Gasteiger partial charge >= 0.3 is 0 Å². The molecule has 0 aliphatic carbocycles. The molecule has 0 radical (unpaired) electrons. The molecule has 0 aliphatic rings. The van der Waals surface area contributed by atoms with E-state index in [9.17, 15) is 0 Å². The molecule has 0 fully saturated rings. The van der Waals surface area contributed by atoms with Gasteiger partial charge in [0.25, 0.3) is 0 Å². The van der Waals surface area contributed by atoms with Crippen molar-refractivity contribution in [2.45, 2.75) is 78.1 Å². The smallest absolute Gasteiger partial charge is 0.0319 e. The molecule has 0 aromatic rings. The number of hydrogen-bond acceptors (Lipinski definition) is 0. The topological polar surface area (TPSA) is 0 Å². The Labute approximate surface area is 105 Å². The maximum atomic E-state index is 2.37. The third kappa shape index (κ3) is 14.2. The van der Waals surface area contributed by atoms with Crippen molar-refractivity contribution in [2.75, 3.05) is 6.16 Å². The van der Waals surface area contributed by atoms with Crippen molar-refractivity contribution in [3.63, 3.8) is 0 Å². The Morgan fingerprint density at radius 1 is 0.750 bits per heavy atom. The highest BCUT2D eigenvalue weighted by atomic mass is 31.1. The monoisotopic (exact) mass is 242 g/mol. The van der Waals surface area contributed by atoms with Crippen molar-refractivity contribution >= 4 is 8.58 Å². The Morgan fingerprint density at radius 3 is 1.88 bits per heavy atom. The van der Waals surface area contributed by atoms with Gasteiger partial charge in [-0.15, -0.1) is 0 Å². The van der Waals surface area contributed by atoms with Crippen LogP contribution in [0.5, 0.6) is 0 Å². The lowest BCUT2D eigenvalue weighted by atomic mass is 10.1. The van der Waals surface area contributed by atoms with Crippen LogP contribution in [0, 0.1) is 0 Å². The van der Waals surface area contributed by atoms with Crippen molar-refractivity contribution in [1.29, 1.82) is 0 Å². The van der Waals surface area contributed by atoms with Gasteiger partial charge in [0.2, 0.25) is 0 Å². The predicted molar refractivity (Wildman–Crippen MR) is 79.8 cm³/mol. The third-order valence-electron chi connectivity index (χ3n) is 2.90. The molecule has 0 N–H and O–H groups in total. The minimum Gasteiger partial charge on any atom is -0.0987 e. The standard InChI is InChI=1S/C15H31P/c1-3-5-7-8-9-10-11-12-13-15-16-14-6-4-2/h6,14,16H,3-5,7-13,15H2,1-2H3. The molecule has 0 amide bonds. The zero-order valence-electron chi connectivity index (χ0n) is 11.4. The normalized spacial score (nSPS) is 12.1. The van der Waals surface area contributed by atoms with Crippen LogP contribution in [-0.2, 0) is 0 Å². The summed E-state index contributed by atoms with van der Waals surface area (Å²) in [5.74, 6) is 2.37. The summed E-state index contributed by atoms with van der Waals surface area (Å²) in [6.07, 6.45) is 18.0. The van der Waals surface area contributed by atoms with Crippen LogP contribution >= 0.6 is 8.58 Å². The molecular formula is C15H31P. The van der Waals surface area contributed by atoms with Gasteiger partial charge in [0.1, 0.15) is 0 Å². The van der Waals surface area contributed by atoms with Gasteiger partial charge in [-0.2, -0.15) is 0 Å². The SMILES string of the molecule is CCC=CPCCCCCCCCCCC. The van der Waals surface area contributed by atoms with E-state index in [0.717, 1.165) is 8.58 Å². The summed E-state index contributed by atoms with van der Waals surface area (Å²) in [7, 11) is 1.07. The first-order valence-electron chi connectivity index (χ1n) is 7.30. The van der Waals surface area contributed by atoms with Gasteiger partial charge in [0.15, 0.2) is 0 Å². The van der Waals surface area contributed by atoms with Crippen LogP contribution in [0.3, 0.4) is 0 Å². The van der Waals surface area contributed by atoms with Crippen LogP contribution < -0.4 is 0 Å². The zero-order valence-corrected chi connectivity index (χ0v) is 12.4. The van der Waals surface area contributed by atoms with Gasteiger partial charge < -0.3 is 0 Å². The Kier molecular flexibility index (Phi) is 15.3. The summed E-state index contributed by atoms with van der Waals surface area (Å²) in [6.45, 7) is 4.49. The summed E-state index contributed by atoms with van der Waals surface area (Å²) >= 11 is 0. The summed E-state index contributed by atoms with van der Waals surface area (Å²) in [5.41, 5.74) is 0. The fraction of sp³-hybridized carbons (Fsp3) is 0.867. The molecule has 0 rings (SSSR count). The highest BCUT2D eigenvalue weighted by Crippen LogP contribution is 2.16. The van der Waals surface area contributed by atoms with E-state index in [1.807, 2.05) is 0 Å². The molecule has 0 aliphatic heterocycles. The van der Waals surface area contributed by atoms with Crippen molar-refractivity contribution in [3.05, 3.63) is 11.9 Å². The van der Waals surface area contributed by atoms with Gasteiger partial charge in [-0.3, -0.25) is 0 Å². The van der Waals surface area contributed by atoms with Crippen LogP contribution in [0.2, 0.25) is 0 Å². The van der Waals surface area contributed by atoms with E-state index in [1.165, 1.54) is 70.4 Å². The maximum absolute atomic E-state index is 2.37. The second kappa shape index (κ2) is 15.2. The molecular weight excluding hydrogens is 211 g/mol. The molecule has 0 nitrogen and oxygen atoms in total. The van der Waals surface area contributed by atoms with Gasteiger partial charge in [0.05, 0.1) is 0 Å². The Balaban J connectivity index is 2.90. The first-order valence-corrected chi connectivity index (χ1v) is 8.58. The van der Waals surface area contributed by atoms with E-state index in [-0.39, 0.29) is 0 Å². The Bertz CT molecular complexity index is 140. The highest BCUT2D eigenvalue weighted by molar-refractivity contribution is 7.41. The van der Waals surface area contributed by atoms with Crippen LogP contribution in [-0.4, -0.2) is 6.16 Å². The zero-order chi connectivity index (χ0) is 11.9. The fourth-order valence-electron chi connectivity index (χ4n) is 1.82. The minimum absolute atomic E-state index is 1.07. The van der Waals surface area contributed by atoms with E-state index in [4.69, 9.17) is 0 Å². The molecule has 0 aromatic carbocycles. The summed E-state index contributed by atoms with van der Waals surface area (Å²) in [4.78, 5) is 0. The average molecular weight is 242 g/mol. The molecule has 1 atom stereocenters. The molecule has 1 unspecified atom stereocenters. The van der Waals surface area contributed by atoms with Crippen molar-refractivity contribution in [3.8, 4) is 0 Å². The quantitative estimate of drug-likeness (QED) is 0.286.